The van der Waals surface area contributed by atoms with Crippen molar-refractivity contribution in [3.63, 3.8) is 0 Å². The summed E-state index contributed by atoms with van der Waals surface area (Å²) in [6.07, 6.45) is 9.33. The fourth-order valence-electron chi connectivity index (χ4n) is 6.12. The highest BCUT2D eigenvalue weighted by Gasteiger charge is 2.13. The smallest absolute Gasteiger partial charge is 0.458 e. The van der Waals surface area contributed by atoms with Gasteiger partial charge in [0.2, 0.25) is 23.6 Å². The van der Waals surface area contributed by atoms with Crippen molar-refractivity contribution in [3.8, 4) is 11.1 Å². The highest BCUT2D eigenvalue weighted by atomic mass is 79.9. The Kier molecular flexibility index (Phi) is 16.9. The molecule has 0 saturated heterocycles. The molecule has 0 fully saturated rings. The van der Waals surface area contributed by atoms with Crippen LogP contribution < -0.4 is 39.0 Å². The standard InChI is InChI=1S/C24H19ClN4O3.C17H13BrClN3O2.C7H8BNO3/c25-20-11-17(15-3-5-16(6-4-15)24(27)31)9-18-10-19(32-23(18)20)13-29-22(30)8-2-14-1-7-21(26)28-12-14;18-12-5-11-6-13(24-17(11)14(19)7-12)9-22-16(23)4-2-10-1-3-15(20)21-8-10;9-7(10)5-1-3-6(4-2-5)8(11)12/h1-12H,13H2,(H2,26,28)(H2,27,31)(H,29,30);1-8H,9H2,(H2,20,21)(H,22,23);1-4,11-12H,(H2,9,10)/b8-2+;4-2+;. The maximum absolute atomic E-state index is 12.1. The van der Waals surface area contributed by atoms with Crippen LogP contribution in [0, 0.1) is 0 Å². The Hall–Kier alpha value is -7.74. The van der Waals surface area contributed by atoms with Gasteiger partial charge in [0.1, 0.15) is 23.2 Å². The summed E-state index contributed by atoms with van der Waals surface area (Å²) in [5, 5.41) is 25.6. The van der Waals surface area contributed by atoms with Crippen molar-refractivity contribution in [2.45, 2.75) is 13.1 Å². The number of carbonyl (C=O) groups excluding carboxylic acids is 4. The van der Waals surface area contributed by atoms with E-state index in [9.17, 15) is 19.2 Å². The molecular formula is C48H40BBrCl2N8O8. The number of pyridine rings is 2. The summed E-state index contributed by atoms with van der Waals surface area (Å²) in [4.78, 5) is 53.8. The number of nitrogens with one attached hydrogen (secondary N) is 2. The first kappa shape index (κ1) is 49.7. The second-order valence-electron chi connectivity index (χ2n) is 14.5. The Morgan fingerprint density at radius 2 is 1.07 bits per heavy atom. The molecule has 0 bridgehead atoms. The summed E-state index contributed by atoms with van der Waals surface area (Å²) < 4.78 is 12.3. The molecule has 4 amide bonds. The average molecular weight is 1020 g/mol. The van der Waals surface area contributed by atoms with E-state index in [0.29, 0.717) is 61.0 Å². The maximum atomic E-state index is 12.1. The summed E-state index contributed by atoms with van der Waals surface area (Å²) in [5.74, 6) is 0.524. The van der Waals surface area contributed by atoms with E-state index >= 15 is 0 Å². The fraction of sp³-hybridized carbons (Fsp3) is 0.0417. The zero-order valence-corrected chi connectivity index (χ0v) is 38.6. The van der Waals surface area contributed by atoms with Crippen molar-refractivity contribution in [1.29, 1.82) is 0 Å². The van der Waals surface area contributed by atoms with Gasteiger partial charge in [0.05, 0.1) is 23.1 Å². The Bertz CT molecular complexity index is 3140. The van der Waals surface area contributed by atoms with E-state index in [1.807, 2.05) is 36.4 Å². The van der Waals surface area contributed by atoms with Gasteiger partial charge < -0.3 is 52.5 Å². The lowest BCUT2D eigenvalue weighted by Crippen LogP contribution is -2.29. The van der Waals surface area contributed by atoms with Gasteiger partial charge in [-0.1, -0.05) is 63.4 Å². The van der Waals surface area contributed by atoms with Gasteiger partial charge in [-0.25, -0.2) is 9.97 Å². The number of halogens is 3. The molecule has 0 unspecified atom stereocenters. The molecule has 12 N–H and O–H groups in total. The van der Waals surface area contributed by atoms with Crippen LogP contribution in [0.25, 0.3) is 45.2 Å². The van der Waals surface area contributed by atoms with Crippen LogP contribution in [0.1, 0.15) is 43.4 Å². The number of benzene rings is 4. The quantitative estimate of drug-likeness (QED) is 0.0464. The predicted octanol–water partition coefficient (Wildman–Crippen LogP) is 6.78. The predicted molar refractivity (Wildman–Crippen MR) is 268 cm³/mol. The minimum atomic E-state index is -1.51. The molecule has 16 nitrogen and oxygen atoms in total. The summed E-state index contributed by atoms with van der Waals surface area (Å²) in [5.41, 5.74) is 26.9. The first-order valence-corrected chi connectivity index (χ1v) is 21.7. The average Bonchev–Trinajstić information content (AvgIpc) is 3.95. The van der Waals surface area contributed by atoms with Gasteiger partial charge in [0, 0.05) is 50.9 Å². The molecular weight excluding hydrogens is 978 g/mol. The molecule has 0 saturated carbocycles. The van der Waals surface area contributed by atoms with Gasteiger partial charge in [-0.3, -0.25) is 19.2 Å². The maximum Gasteiger partial charge on any atom is 0.488 e. The Morgan fingerprint density at radius 1 is 0.618 bits per heavy atom. The molecule has 8 rings (SSSR count). The number of amides is 4. The SMILES string of the molecule is NC(=O)c1ccc(-c2cc(Cl)c3oc(CNC(=O)/C=C/c4ccc(N)nc4)cc3c2)cc1.NC(=O)c1ccc(B(O)O)cc1.Nc1ccc(/C=C/C(=O)NCc2cc3cc(Br)cc(Cl)c3o2)cn1. The number of fused-ring (bicyclic) bond motifs is 2. The molecule has 20 heteroatoms. The zero-order chi connectivity index (χ0) is 48.9. The number of carbonyl (C=O) groups is 4. The minimum absolute atomic E-state index is 0.205. The summed E-state index contributed by atoms with van der Waals surface area (Å²) in [6, 6.07) is 30.7. The second kappa shape index (κ2) is 23.1. The molecule has 0 aliphatic rings. The zero-order valence-electron chi connectivity index (χ0n) is 35.5. The summed E-state index contributed by atoms with van der Waals surface area (Å²) >= 11 is 15.9. The van der Waals surface area contributed by atoms with Crippen LogP contribution in [-0.4, -0.2) is 50.8 Å². The van der Waals surface area contributed by atoms with Crippen molar-refractivity contribution >= 4 is 121 Å². The molecule has 0 radical (unpaired) electrons. The molecule has 0 spiro atoms. The number of hydrogen-bond acceptors (Lipinski definition) is 12. The first-order chi connectivity index (χ1) is 32.5. The van der Waals surface area contributed by atoms with Crippen LogP contribution in [0.15, 0.2) is 147 Å². The van der Waals surface area contributed by atoms with Gasteiger partial charge in [-0.2, -0.15) is 0 Å². The van der Waals surface area contributed by atoms with Gasteiger partial charge in [-0.05, 0) is 125 Å². The van der Waals surface area contributed by atoms with Gasteiger partial charge in [0.15, 0.2) is 11.2 Å². The number of nitrogen functional groups attached to an aromatic ring is 2. The summed E-state index contributed by atoms with van der Waals surface area (Å²) in [6.45, 7) is 0.475. The van der Waals surface area contributed by atoms with Crippen LogP contribution in [0.3, 0.4) is 0 Å². The third-order valence-corrected chi connectivity index (χ3v) is 10.6. The van der Waals surface area contributed by atoms with Crippen molar-refractivity contribution in [1.82, 2.24) is 20.6 Å². The lowest BCUT2D eigenvalue weighted by Gasteiger charge is -2.04. The van der Waals surface area contributed by atoms with Crippen molar-refractivity contribution in [2.75, 3.05) is 11.5 Å². The fourth-order valence-corrected chi connectivity index (χ4v) is 7.26. The number of primary amides is 2. The normalized spacial score (nSPS) is 10.9. The number of anilines is 2. The molecule has 4 heterocycles. The molecule has 0 aliphatic carbocycles. The van der Waals surface area contributed by atoms with Gasteiger partial charge in [0.25, 0.3) is 0 Å². The van der Waals surface area contributed by atoms with Crippen molar-refractivity contribution in [3.05, 3.63) is 182 Å². The highest BCUT2D eigenvalue weighted by Crippen LogP contribution is 2.33. The Labute approximate surface area is 406 Å². The summed E-state index contributed by atoms with van der Waals surface area (Å²) in [7, 11) is -1.51. The van der Waals surface area contributed by atoms with Crippen molar-refractivity contribution in [2.24, 2.45) is 11.5 Å². The number of hydrogen-bond donors (Lipinski definition) is 8. The van der Waals surface area contributed by atoms with E-state index in [1.54, 1.807) is 73.1 Å². The van der Waals surface area contributed by atoms with Crippen LogP contribution >= 0.6 is 39.1 Å². The Morgan fingerprint density at radius 3 is 1.51 bits per heavy atom. The number of aromatic nitrogens is 2. The van der Waals surface area contributed by atoms with Crippen LogP contribution in [0.4, 0.5) is 11.6 Å². The number of rotatable bonds is 12. The largest absolute Gasteiger partial charge is 0.488 e. The molecule has 4 aromatic heterocycles. The number of nitrogens with zero attached hydrogens (tertiary/aromatic N) is 2. The van der Waals surface area contributed by atoms with E-state index in [1.165, 1.54) is 36.4 Å². The van der Waals surface area contributed by atoms with Gasteiger partial charge >= 0.3 is 7.12 Å². The Balaban J connectivity index is 0.000000185. The highest BCUT2D eigenvalue weighted by molar-refractivity contribution is 9.10. The third-order valence-electron chi connectivity index (χ3n) is 9.55. The molecule has 68 heavy (non-hydrogen) atoms. The first-order valence-electron chi connectivity index (χ1n) is 20.1. The van der Waals surface area contributed by atoms with Crippen LogP contribution in [-0.2, 0) is 22.7 Å². The van der Waals surface area contributed by atoms with E-state index in [0.717, 1.165) is 37.5 Å². The lowest BCUT2D eigenvalue weighted by molar-refractivity contribution is -0.117. The third kappa shape index (κ3) is 14.1. The molecule has 8 aromatic rings. The molecule has 0 atom stereocenters. The van der Waals surface area contributed by atoms with E-state index in [2.05, 4.69) is 36.5 Å². The lowest BCUT2D eigenvalue weighted by atomic mass is 9.80. The van der Waals surface area contributed by atoms with Crippen LogP contribution in [0.5, 0.6) is 0 Å². The monoisotopic (exact) mass is 1020 g/mol. The van der Waals surface area contributed by atoms with Crippen molar-refractivity contribution < 1.29 is 38.1 Å². The van der Waals surface area contributed by atoms with E-state index in [4.69, 9.17) is 65.0 Å². The molecule has 0 aliphatic heterocycles. The topological polar surface area (TPSA) is 289 Å². The molecule has 344 valence electrons. The number of nitrogens with two attached hydrogens (primary N) is 4. The van der Waals surface area contributed by atoms with Crippen LogP contribution in [0.2, 0.25) is 10.0 Å². The van der Waals surface area contributed by atoms with E-state index in [-0.39, 0.29) is 24.9 Å². The van der Waals surface area contributed by atoms with Gasteiger partial charge in [-0.15, -0.1) is 0 Å². The minimum Gasteiger partial charge on any atom is -0.458 e. The number of furan rings is 2. The second-order valence-corrected chi connectivity index (χ2v) is 16.3. The molecule has 4 aromatic carbocycles. The van der Waals surface area contributed by atoms with E-state index < -0.39 is 18.9 Å².